The predicted molar refractivity (Wildman–Crippen MR) is 87.0 cm³/mol. The summed E-state index contributed by atoms with van der Waals surface area (Å²) in [4.78, 5) is 31.9. The monoisotopic (exact) mass is 329 g/mol. The highest BCUT2D eigenvalue weighted by Crippen LogP contribution is 2.30. The van der Waals surface area contributed by atoms with Crippen molar-refractivity contribution < 1.29 is 14.3 Å². The number of likely N-dealkylation sites (tertiary alicyclic amines) is 1. The van der Waals surface area contributed by atoms with E-state index in [9.17, 15) is 9.59 Å². The zero-order valence-electron chi connectivity index (χ0n) is 13.4. The Morgan fingerprint density at radius 1 is 1.29 bits per heavy atom. The van der Waals surface area contributed by atoms with Crippen LogP contribution in [0.25, 0.3) is 0 Å². The molecule has 1 N–H and O–H groups in total. The van der Waals surface area contributed by atoms with E-state index < -0.39 is 5.69 Å². The van der Waals surface area contributed by atoms with Gasteiger partial charge >= 0.3 is 5.69 Å². The van der Waals surface area contributed by atoms with E-state index in [0.717, 1.165) is 18.6 Å². The first-order valence-corrected chi connectivity index (χ1v) is 7.79. The summed E-state index contributed by atoms with van der Waals surface area (Å²) < 4.78 is 10.6. The third-order valence-electron chi connectivity index (χ3n) is 4.05. The van der Waals surface area contributed by atoms with Crippen molar-refractivity contribution in [1.82, 2.24) is 14.9 Å². The highest BCUT2D eigenvalue weighted by Gasteiger charge is 2.30. The van der Waals surface area contributed by atoms with E-state index in [1.54, 1.807) is 42.3 Å². The summed E-state index contributed by atoms with van der Waals surface area (Å²) in [5.41, 5.74) is 0.312. The molecular formula is C17H19N3O4. The number of hydrogen-bond acceptors (Lipinski definition) is 5. The van der Waals surface area contributed by atoms with E-state index in [1.807, 2.05) is 0 Å². The fraction of sp³-hybridized carbons (Fsp3) is 0.353. The molecule has 7 heteroatoms. The van der Waals surface area contributed by atoms with Gasteiger partial charge in [0.2, 0.25) is 0 Å². The molecule has 2 aromatic rings. The van der Waals surface area contributed by atoms with E-state index in [1.165, 1.54) is 6.20 Å². The SMILES string of the molecule is COc1ccc(OCC(=O)N2CCC[C@H]2c2ccnc(=O)[nH]2)cc1. The number of rotatable bonds is 5. The van der Waals surface area contributed by atoms with Gasteiger partial charge in [0.25, 0.3) is 5.91 Å². The lowest BCUT2D eigenvalue weighted by Gasteiger charge is -2.24. The molecule has 1 aliphatic rings. The average Bonchev–Trinajstić information content (AvgIpc) is 3.10. The summed E-state index contributed by atoms with van der Waals surface area (Å²) >= 11 is 0. The summed E-state index contributed by atoms with van der Waals surface area (Å²) in [5, 5.41) is 0. The van der Waals surface area contributed by atoms with E-state index >= 15 is 0 Å². The normalized spacial score (nSPS) is 16.9. The molecule has 0 spiro atoms. The summed E-state index contributed by atoms with van der Waals surface area (Å²) in [6, 6.07) is 8.68. The molecule has 1 saturated heterocycles. The number of carbonyl (C=O) groups excluding carboxylic acids is 1. The Balaban J connectivity index is 1.64. The summed E-state index contributed by atoms with van der Waals surface area (Å²) in [7, 11) is 1.59. The Hall–Kier alpha value is -2.83. The molecule has 1 atom stereocenters. The summed E-state index contributed by atoms with van der Waals surface area (Å²) in [6.07, 6.45) is 3.17. The van der Waals surface area contributed by atoms with Crippen LogP contribution >= 0.6 is 0 Å². The molecule has 126 valence electrons. The van der Waals surface area contributed by atoms with Crippen LogP contribution in [0.1, 0.15) is 24.6 Å². The van der Waals surface area contributed by atoms with Crippen molar-refractivity contribution in [2.75, 3.05) is 20.3 Å². The molecule has 0 aliphatic carbocycles. The first kappa shape index (κ1) is 16.0. The maximum absolute atomic E-state index is 12.5. The third kappa shape index (κ3) is 3.56. The molecule has 0 saturated carbocycles. The summed E-state index contributed by atoms with van der Waals surface area (Å²) in [6.45, 7) is 0.609. The average molecular weight is 329 g/mol. The zero-order valence-corrected chi connectivity index (χ0v) is 13.4. The molecule has 24 heavy (non-hydrogen) atoms. The van der Waals surface area contributed by atoms with Gasteiger partial charge in [0.1, 0.15) is 11.5 Å². The second-order valence-electron chi connectivity index (χ2n) is 5.54. The molecule has 1 aromatic carbocycles. The van der Waals surface area contributed by atoms with E-state index in [0.29, 0.717) is 18.0 Å². The highest BCUT2D eigenvalue weighted by molar-refractivity contribution is 5.78. The van der Waals surface area contributed by atoms with Crippen molar-refractivity contribution in [2.24, 2.45) is 0 Å². The number of nitrogens with one attached hydrogen (secondary N) is 1. The topological polar surface area (TPSA) is 84.5 Å². The van der Waals surface area contributed by atoms with Crippen LogP contribution in [0.3, 0.4) is 0 Å². The minimum Gasteiger partial charge on any atom is -0.497 e. The van der Waals surface area contributed by atoms with Gasteiger partial charge in [-0.1, -0.05) is 0 Å². The lowest BCUT2D eigenvalue weighted by molar-refractivity contribution is -0.134. The van der Waals surface area contributed by atoms with Crippen LogP contribution in [0.4, 0.5) is 0 Å². The Bertz CT molecular complexity index is 757. The van der Waals surface area contributed by atoms with Gasteiger partial charge in [0.05, 0.1) is 13.2 Å². The number of aromatic amines is 1. The molecule has 3 rings (SSSR count). The number of methoxy groups -OCH3 is 1. The minimum atomic E-state index is -0.402. The number of hydrogen-bond donors (Lipinski definition) is 1. The Labute approximate surface area is 139 Å². The van der Waals surface area contributed by atoms with Crippen molar-refractivity contribution in [3.63, 3.8) is 0 Å². The number of amides is 1. The predicted octanol–water partition coefficient (Wildman–Crippen LogP) is 1.52. The number of aromatic nitrogens is 2. The fourth-order valence-electron chi connectivity index (χ4n) is 2.87. The largest absolute Gasteiger partial charge is 0.497 e. The lowest BCUT2D eigenvalue weighted by atomic mass is 10.1. The second kappa shape index (κ2) is 7.16. The number of nitrogens with zero attached hydrogens (tertiary/aromatic N) is 2. The standard InChI is InChI=1S/C17H19N3O4/c1-23-12-4-6-13(7-5-12)24-11-16(21)20-10-2-3-15(20)14-8-9-18-17(22)19-14/h4-9,15H,2-3,10-11H2,1H3,(H,18,19,22)/t15-/m0/s1. The van der Waals surface area contributed by atoms with Gasteiger partial charge in [-0.3, -0.25) is 4.79 Å². The molecule has 0 bridgehead atoms. The molecule has 2 heterocycles. The van der Waals surface area contributed by atoms with Crippen molar-refractivity contribution in [3.05, 3.63) is 52.7 Å². The van der Waals surface area contributed by atoms with Crippen molar-refractivity contribution in [2.45, 2.75) is 18.9 Å². The van der Waals surface area contributed by atoms with Gasteiger partial charge in [-0.2, -0.15) is 0 Å². The van der Waals surface area contributed by atoms with Crippen molar-refractivity contribution >= 4 is 5.91 Å². The maximum Gasteiger partial charge on any atom is 0.345 e. The fourth-order valence-corrected chi connectivity index (χ4v) is 2.87. The molecule has 1 aliphatic heterocycles. The van der Waals surface area contributed by atoms with Crippen LogP contribution in [0.5, 0.6) is 11.5 Å². The van der Waals surface area contributed by atoms with Crippen LogP contribution in [0.15, 0.2) is 41.3 Å². The number of benzene rings is 1. The Morgan fingerprint density at radius 2 is 2.04 bits per heavy atom. The summed E-state index contributed by atoms with van der Waals surface area (Å²) in [5.74, 6) is 1.23. The van der Waals surface area contributed by atoms with Crippen LogP contribution in [-0.4, -0.2) is 41.0 Å². The van der Waals surface area contributed by atoms with Gasteiger partial charge in [-0.15, -0.1) is 0 Å². The van der Waals surface area contributed by atoms with Crippen LogP contribution in [-0.2, 0) is 4.79 Å². The second-order valence-corrected chi connectivity index (χ2v) is 5.54. The van der Waals surface area contributed by atoms with Gasteiger partial charge in [0.15, 0.2) is 6.61 Å². The lowest BCUT2D eigenvalue weighted by Crippen LogP contribution is -2.35. The van der Waals surface area contributed by atoms with E-state index in [-0.39, 0.29) is 18.6 Å². The highest BCUT2D eigenvalue weighted by atomic mass is 16.5. The molecule has 0 unspecified atom stereocenters. The smallest absolute Gasteiger partial charge is 0.345 e. The first-order chi connectivity index (χ1) is 11.7. The quantitative estimate of drug-likeness (QED) is 0.899. The van der Waals surface area contributed by atoms with Crippen LogP contribution in [0, 0.1) is 0 Å². The number of H-pyrrole nitrogens is 1. The number of carbonyl (C=O) groups is 1. The zero-order chi connectivity index (χ0) is 16.9. The van der Waals surface area contributed by atoms with Crippen molar-refractivity contribution in [1.29, 1.82) is 0 Å². The van der Waals surface area contributed by atoms with E-state index in [4.69, 9.17) is 9.47 Å². The molecule has 1 fully saturated rings. The van der Waals surface area contributed by atoms with E-state index in [2.05, 4.69) is 9.97 Å². The minimum absolute atomic E-state index is 0.0435. The molecule has 1 amide bonds. The van der Waals surface area contributed by atoms with Gasteiger partial charge in [-0.05, 0) is 43.2 Å². The van der Waals surface area contributed by atoms with Gasteiger partial charge in [0, 0.05) is 18.4 Å². The Morgan fingerprint density at radius 3 is 2.75 bits per heavy atom. The molecule has 7 nitrogen and oxygen atoms in total. The Kier molecular flexibility index (Phi) is 4.79. The third-order valence-corrected chi connectivity index (χ3v) is 4.05. The van der Waals surface area contributed by atoms with Gasteiger partial charge < -0.3 is 19.4 Å². The van der Waals surface area contributed by atoms with Crippen LogP contribution in [0.2, 0.25) is 0 Å². The van der Waals surface area contributed by atoms with Crippen molar-refractivity contribution in [3.8, 4) is 11.5 Å². The van der Waals surface area contributed by atoms with Gasteiger partial charge in [-0.25, -0.2) is 9.78 Å². The molecule has 0 radical (unpaired) electrons. The first-order valence-electron chi connectivity index (χ1n) is 7.79. The van der Waals surface area contributed by atoms with Crippen LogP contribution < -0.4 is 15.2 Å². The number of ether oxygens (including phenoxy) is 2. The molecular weight excluding hydrogens is 310 g/mol. The maximum atomic E-state index is 12.5. The molecule has 1 aromatic heterocycles.